The quantitative estimate of drug-likeness (QED) is 0.802. The van der Waals surface area contributed by atoms with Crippen molar-refractivity contribution in [2.24, 2.45) is 5.92 Å². The van der Waals surface area contributed by atoms with Gasteiger partial charge in [0.05, 0.1) is 13.2 Å². The van der Waals surface area contributed by atoms with Crippen molar-refractivity contribution in [1.29, 1.82) is 0 Å². The molecule has 0 saturated carbocycles. The van der Waals surface area contributed by atoms with Gasteiger partial charge in [-0.05, 0) is 43.0 Å². The summed E-state index contributed by atoms with van der Waals surface area (Å²) in [6, 6.07) is 4.54. The van der Waals surface area contributed by atoms with Crippen LogP contribution in [-0.2, 0) is 0 Å². The first-order chi connectivity index (χ1) is 10.1. The maximum atomic E-state index is 5.83. The number of fused-ring (bicyclic) bond motifs is 1. The van der Waals surface area contributed by atoms with Crippen molar-refractivity contribution in [2.75, 3.05) is 19.8 Å². The molecule has 0 bridgehead atoms. The highest BCUT2D eigenvalue weighted by atomic mass is 79.9. The van der Waals surface area contributed by atoms with Crippen molar-refractivity contribution in [3.8, 4) is 11.5 Å². The highest BCUT2D eigenvalue weighted by Gasteiger charge is 2.20. The van der Waals surface area contributed by atoms with Gasteiger partial charge in [-0.3, -0.25) is 0 Å². The van der Waals surface area contributed by atoms with Crippen molar-refractivity contribution < 1.29 is 9.47 Å². The van der Waals surface area contributed by atoms with Gasteiger partial charge in [0.15, 0.2) is 11.5 Å². The predicted molar refractivity (Wildman–Crippen MR) is 90.2 cm³/mol. The van der Waals surface area contributed by atoms with Crippen LogP contribution in [0, 0.1) is 5.92 Å². The fourth-order valence-electron chi connectivity index (χ4n) is 2.58. The molecule has 21 heavy (non-hydrogen) atoms. The van der Waals surface area contributed by atoms with Crippen molar-refractivity contribution >= 4 is 15.9 Å². The van der Waals surface area contributed by atoms with Crippen LogP contribution < -0.4 is 14.8 Å². The van der Waals surface area contributed by atoms with Gasteiger partial charge in [0, 0.05) is 16.9 Å². The zero-order chi connectivity index (χ0) is 15.2. The molecule has 0 saturated heterocycles. The van der Waals surface area contributed by atoms with Crippen LogP contribution in [0.2, 0.25) is 0 Å². The molecule has 1 N–H and O–H groups in total. The van der Waals surface area contributed by atoms with E-state index in [1.807, 2.05) is 0 Å². The molecule has 0 radical (unpaired) electrons. The van der Waals surface area contributed by atoms with Crippen LogP contribution in [-0.4, -0.2) is 19.8 Å². The Kier molecular flexibility index (Phi) is 6.37. The molecule has 0 fully saturated rings. The van der Waals surface area contributed by atoms with E-state index in [-0.39, 0.29) is 0 Å². The molecule has 0 aliphatic carbocycles. The van der Waals surface area contributed by atoms with Gasteiger partial charge >= 0.3 is 0 Å². The van der Waals surface area contributed by atoms with Crippen LogP contribution in [0.1, 0.15) is 51.6 Å². The maximum absolute atomic E-state index is 5.83. The van der Waals surface area contributed by atoms with Crippen molar-refractivity contribution in [2.45, 2.75) is 46.1 Å². The molecule has 0 amide bonds. The Morgan fingerprint density at radius 3 is 2.48 bits per heavy atom. The molecule has 0 aromatic heterocycles. The van der Waals surface area contributed by atoms with Crippen LogP contribution in [0.25, 0.3) is 0 Å². The fraction of sp³-hybridized carbons (Fsp3) is 0.647. The Labute approximate surface area is 136 Å². The summed E-state index contributed by atoms with van der Waals surface area (Å²) < 4.78 is 12.7. The predicted octanol–water partition coefficient (Wildman–Crippen LogP) is 4.70. The minimum atomic E-state index is 0.344. The summed E-state index contributed by atoms with van der Waals surface area (Å²) in [4.78, 5) is 0. The van der Waals surface area contributed by atoms with Crippen LogP contribution >= 0.6 is 15.9 Å². The summed E-state index contributed by atoms with van der Waals surface area (Å²) in [5.74, 6) is 2.36. The molecule has 1 atom stereocenters. The third-order valence-electron chi connectivity index (χ3n) is 3.59. The monoisotopic (exact) mass is 355 g/mol. The summed E-state index contributed by atoms with van der Waals surface area (Å²) in [5.41, 5.74) is 1.27. The molecule has 1 aromatic rings. The average molecular weight is 356 g/mol. The fourth-order valence-corrected chi connectivity index (χ4v) is 3.18. The van der Waals surface area contributed by atoms with E-state index in [2.05, 4.69) is 54.2 Å². The number of hydrogen-bond donors (Lipinski definition) is 1. The van der Waals surface area contributed by atoms with Crippen molar-refractivity contribution in [3.63, 3.8) is 0 Å². The van der Waals surface area contributed by atoms with Gasteiger partial charge in [-0.15, -0.1) is 0 Å². The van der Waals surface area contributed by atoms with Gasteiger partial charge in [-0.1, -0.05) is 36.7 Å². The molecule has 0 spiro atoms. The summed E-state index contributed by atoms with van der Waals surface area (Å²) in [6.45, 7) is 9.20. The number of hydrogen-bond acceptors (Lipinski definition) is 3. The molecular formula is C17H26BrNO2. The summed E-state index contributed by atoms with van der Waals surface area (Å²) in [6.07, 6.45) is 3.18. The first-order valence-electron chi connectivity index (χ1n) is 7.94. The van der Waals surface area contributed by atoms with E-state index in [1.165, 1.54) is 5.56 Å². The van der Waals surface area contributed by atoms with E-state index in [9.17, 15) is 0 Å². The molecule has 1 heterocycles. The lowest BCUT2D eigenvalue weighted by Crippen LogP contribution is -2.24. The molecule has 1 aliphatic heterocycles. The van der Waals surface area contributed by atoms with Crippen LogP contribution in [0.3, 0.4) is 0 Å². The molecule has 3 nitrogen and oxygen atoms in total. The van der Waals surface area contributed by atoms with E-state index in [0.717, 1.165) is 55.0 Å². The highest BCUT2D eigenvalue weighted by molar-refractivity contribution is 9.10. The number of rotatable bonds is 6. The van der Waals surface area contributed by atoms with Gasteiger partial charge in [-0.2, -0.15) is 0 Å². The van der Waals surface area contributed by atoms with Gasteiger partial charge in [0.25, 0.3) is 0 Å². The molecule has 2 rings (SSSR count). The van der Waals surface area contributed by atoms with Crippen molar-refractivity contribution in [3.05, 3.63) is 22.2 Å². The summed E-state index contributed by atoms with van der Waals surface area (Å²) >= 11 is 3.71. The zero-order valence-corrected chi connectivity index (χ0v) is 14.8. The number of benzene rings is 1. The molecule has 1 unspecified atom stereocenters. The van der Waals surface area contributed by atoms with Gasteiger partial charge in [0.2, 0.25) is 0 Å². The molecular weight excluding hydrogens is 330 g/mol. The van der Waals surface area contributed by atoms with Crippen molar-refractivity contribution in [1.82, 2.24) is 5.32 Å². The third kappa shape index (κ3) is 4.62. The molecule has 1 aromatic carbocycles. The lowest BCUT2D eigenvalue weighted by Gasteiger charge is -2.23. The lowest BCUT2D eigenvalue weighted by molar-refractivity contribution is 0.296. The summed E-state index contributed by atoms with van der Waals surface area (Å²) in [5, 5.41) is 3.65. The van der Waals surface area contributed by atoms with Gasteiger partial charge < -0.3 is 14.8 Å². The third-order valence-corrected chi connectivity index (χ3v) is 4.28. The Bertz CT molecular complexity index is 462. The first-order valence-corrected chi connectivity index (χ1v) is 8.73. The Morgan fingerprint density at radius 2 is 1.86 bits per heavy atom. The molecule has 1 aliphatic rings. The standard InChI is InChI=1S/C17H26BrNO2/c1-4-6-19-15(9-12(2)3)13-10-16-17(11-14(13)18)21-8-5-7-20-16/h10-12,15,19H,4-9H2,1-3H3. The number of ether oxygens (including phenoxy) is 2. The van der Waals surface area contributed by atoms with Gasteiger partial charge in [-0.25, -0.2) is 0 Å². The van der Waals surface area contributed by atoms with Crippen LogP contribution in [0.15, 0.2) is 16.6 Å². The Balaban J connectivity index is 2.28. The minimum absolute atomic E-state index is 0.344. The second-order valence-electron chi connectivity index (χ2n) is 6.01. The average Bonchev–Trinajstić information content (AvgIpc) is 2.67. The van der Waals surface area contributed by atoms with Crippen LogP contribution in [0.5, 0.6) is 11.5 Å². The SMILES string of the molecule is CCCNC(CC(C)C)c1cc2c(cc1Br)OCCCO2. The van der Waals surface area contributed by atoms with E-state index in [4.69, 9.17) is 9.47 Å². The summed E-state index contributed by atoms with van der Waals surface area (Å²) in [7, 11) is 0. The van der Waals surface area contributed by atoms with E-state index < -0.39 is 0 Å². The first kappa shape index (κ1) is 16.6. The topological polar surface area (TPSA) is 30.5 Å². The second-order valence-corrected chi connectivity index (χ2v) is 6.86. The van der Waals surface area contributed by atoms with E-state index in [0.29, 0.717) is 12.0 Å². The lowest BCUT2D eigenvalue weighted by atomic mass is 9.96. The Morgan fingerprint density at radius 1 is 1.19 bits per heavy atom. The minimum Gasteiger partial charge on any atom is -0.490 e. The molecule has 118 valence electrons. The highest BCUT2D eigenvalue weighted by Crippen LogP contribution is 2.38. The zero-order valence-electron chi connectivity index (χ0n) is 13.2. The molecule has 4 heteroatoms. The normalized spacial score (nSPS) is 15.9. The second kappa shape index (κ2) is 8.04. The van der Waals surface area contributed by atoms with Gasteiger partial charge in [0.1, 0.15) is 0 Å². The van der Waals surface area contributed by atoms with Crippen LogP contribution in [0.4, 0.5) is 0 Å². The van der Waals surface area contributed by atoms with E-state index in [1.54, 1.807) is 0 Å². The Hall–Kier alpha value is -0.740. The number of nitrogens with one attached hydrogen (secondary N) is 1. The smallest absolute Gasteiger partial charge is 0.162 e. The maximum Gasteiger partial charge on any atom is 0.162 e. The number of halogens is 1. The van der Waals surface area contributed by atoms with E-state index >= 15 is 0 Å². The largest absolute Gasteiger partial charge is 0.490 e.